The number of ether oxygens (including phenoxy) is 2. The van der Waals surface area contributed by atoms with E-state index in [4.69, 9.17) is 9.47 Å². The van der Waals surface area contributed by atoms with Gasteiger partial charge in [-0.3, -0.25) is 0 Å². The molecule has 1 rings (SSSR count). The van der Waals surface area contributed by atoms with E-state index in [1.807, 2.05) is 13.8 Å². The fourth-order valence-corrected chi connectivity index (χ4v) is 2.69. The third-order valence-electron chi connectivity index (χ3n) is 3.75. The predicted octanol–water partition coefficient (Wildman–Crippen LogP) is 2.45. The molecule has 0 saturated heterocycles. The smallest absolute Gasteiger partial charge is 0.158 e. The second-order valence-corrected chi connectivity index (χ2v) is 5.44. The van der Waals surface area contributed by atoms with Gasteiger partial charge < -0.3 is 19.9 Å². The topological polar surface area (TPSA) is 50.7 Å². The molecule has 114 valence electrons. The average Bonchev–Trinajstić information content (AvgIpc) is 2.60. The molecule has 19 heavy (non-hydrogen) atoms. The minimum atomic E-state index is -0.497. The first-order chi connectivity index (χ1) is 9.20. The molecule has 0 aromatic heterocycles. The van der Waals surface area contributed by atoms with Gasteiger partial charge in [0, 0.05) is 32.7 Å². The molecule has 0 heterocycles. The first-order valence-electron chi connectivity index (χ1n) is 7.86. The molecular weight excluding hydrogens is 242 g/mol. The molecule has 2 N–H and O–H groups in total. The van der Waals surface area contributed by atoms with Gasteiger partial charge in [0.05, 0.1) is 5.60 Å². The first kappa shape index (κ1) is 16.9. The maximum absolute atomic E-state index is 10.5. The van der Waals surface area contributed by atoms with Crippen LogP contribution in [-0.4, -0.2) is 43.3 Å². The Labute approximate surface area is 117 Å². The monoisotopic (exact) mass is 273 g/mol. The zero-order chi connectivity index (χ0) is 14.0. The number of aliphatic hydroxyl groups is 1. The quantitative estimate of drug-likeness (QED) is 0.385. The van der Waals surface area contributed by atoms with Crippen LogP contribution in [0, 0.1) is 0 Å². The molecule has 0 radical (unpaired) electrons. The maximum atomic E-state index is 10.5. The van der Waals surface area contributed by atoms with Crippen molar-refractivity contribution in [2.75, 3.05) is 26.3 Å². The van der Waals surface area contributed by atoms with Crippen LogP contribution in [0.4, 0.5) is 0 Å². The molecular formula is C15H31NO3. The van der Waals surface area contributed by atoms with Gasteiger partial charge in [-0.15, -0.1) is 0 Å². The van der Waals surface area contributed by atoms with E-state index in [1.54, 1.807) is 0 Å². The summed E-state index contributed by atoms with van der Waals surface area (Å²) in [6.07, 6.45) is 7.40. The van der Waals surface area contributed by atoms with Crippen LogP contribution in [0.15, 0.2) is 0 Å². The van der Waals surface area contributed by atoms with Crippen LogP contribution in [-0.2, 0) is 9.47 Å². The Bertz CT molecular complexity index is 209. The molecule has 1 fully saturated rings. The van der Waals surface area contributed by atoms with E-state index in [0.717, 1.165) is 38.6 Å². The molecule has 1 aliphatic rings. The average molecular weight is 273 g/mol. The molecule has 1 saturated carbocycles. The van der Waals surface area contributed by atoms with Crippen molar-refractivity contribution in [3.63, 3.8) is 0 Å². The van der Waals surface area contributed by atoms with E-state index < -0.39 is 5.60 Å². The van der Waals surface area contributed by atoms with Crippen molar-refractivity contribution in [3.05, 3.63) is 0 Å². The lowest BCUT2D eigenvalue weighted by atomic mass is 9.94. The van der Waals surface area contributed by atoms with Gasteiger partial charge in [0.25, 0.3) is 0 Å². The van der Waals surface area contributed by atoms with Crippen molar-refractivity contribution in [1.29, 1.82) is 0 Å². The summed E-state index contributed by atoms with van der Waals surface area (Å²) in [6, 6.07) is 0. The lowest BCUT2D eigenvalue weighted by Gasteiger charge is -2.27. The minimum absolute atomic E-state index is 0.119. The van der Waals surface area contributed by atoms with Crippen LogP contribution in [0.5, 0.6) is 0 Å². The highest BCUT2D eigenvalue weighted by atomic mass is 16.7. The van der Waals surface area contributed by atoms with Crippen LogP contribution >= 0.6 is 0 Å². The Balaban J connectivity index is 2.17. The number of hydrogen-bond donors (Lipinski definition) is 2. The van der Waals surface area contributed by atoms with Gasteiger partial charge in [-0.25, -0.2) is 0 Å². The molecule has 4 heteroatoms. The summed E-state index contributed by atoms with van der Waals surface area (Å²) >= 11 is 0. The third kappa shape index (κ3) is 7.25. The van der Waals surface area contributed by atoms with Crippen LogP contribution in [0.1, 0.15) is 58.8 Å². The molecule has 1 aliphatic carbocycles. The van der Waals surface area contributed by atoms with Crippen LogP contribution < -0.4 is 5.32 Å². The molecule has 0 aromatic rings. The SMILES string of the molecule is CCOC(CCNCC1(O)CCCCCC1)OCC. The van der Waals surface area contributed by atoms with E-state index in [9.17, 15) is 5.11 Å². The number of rotatable bonds is 9. The molecule has 0 unspecified atom stereocenters. The fourth-order valence-electron chi connectivity index (χ4n) is 2.69. The standard InChI is InChI=1S/C15H31NO3/c1-3-18-14(19-4-2)9-12-16-13-15(17)10-7-5-6-8-11-15/h14,16-17H,3-13H2,1-2H3. The molecule has 0 aliphatic heterocycles. The molecule has 0 bridgehead atoms. The Morgan fingerprint density at radius 3 is 2.16 bits per heavy atom. The normalized spacial score (nSPS) is 19.6. The largest absolute Gasteiger partial charge is 0.389 e. The van der Waals surface area contributed by atoms with E-state index >= 15 is 0 Å². The predicted molar refractivity (Wildman–Crippen MR) is 77.2 cm³/mol. The molecule has 0 spiro atoms. The summed E-state index contributed by atoms with van der Waals surface area (Å²) in [5.74, 6) is 0. The highest BCUT2D eigenvalue weighted by Gasteiger charge is 2.27. The fraction of sp³-hybridized carbons (Fsp3) is 1.00. The molecule has 4 nitrogen and oxygen atoms in total. The van der Waals surface area contributed by atoms with Gasteiger partial charge in [-0.05, 0) is 26.7 Å². The molecule has 0 atom stereocenters. The Kier molecular flexibility index (Phi) is 8.62. The van der Waals surface area contributed by atoms with Crippen molar-refractivity contribution in [3.8, 4) is 0 Å². The summed E-state index contributed by atoms with van der Waals surface area (Å²) in [5.41, 5.74) is -0.497. The molecule has 0 aromatic carbocycles. The van der Waals surface area contributed by atoms with Gasteiger partial charge in [-0.2, -0.15) is 0 Å². The van der Waals surface area contributed by atoms with E-state index in [-0.39, 0.29) is 6.29 Å². The van der Waals surface area contributed by atoms with E-state index in [2.05, 4.69) is 5.32 Å². The minimum Gasteiger partial charge on any atom is -0.389 e. The second-order valence-electron chi connectivity index (χ2n) is 5.44. The van der Waals surface area contributed by atoms with Crippen molar-refractivity contribution in [1.82, 2.24) is 5.32 Å². The Morgan fingerprint density at radius 1 is 1.05 bits per heavy atom. The highest BCUT2D eigenvalue weighted by Crippen LogP contribution is 2.26. The van der Waals surface area contributed by atoms with E-state index in [0.29, 0.717) is 19.8 Å². The van der Waals surface area contributed by atoms with Gasteiger partial charge in [0.1, 0.15) is 0 Å². The summed E-state index contributed by atoms with van der Waals surface area (Å²) in [5, 5.41) is 13.9. The summed E-state index contributed by atoms with van der Waals surface area (Å²) in [6.45, 7) is 6.83. The van der Waals surface area contributed by atoms with Gasteiger partial charge >= 0.3 is 0 Å². The zero-order valence-corrected chi connectivity index (χ0v) is 12.6. The van der Waals surface area contributed by atoms with E-state index in [1.165, 1.54) is 12.8 Å². The van der Waals surface area contributed by atoms with Crippen LogP contribution in [0.2, 0.25) is 0 Å². The highest BCUT2D eigenvalue weighted by molar-refractivity contribution is 4.83. The van der Waals surface area contributed by atoms with Crippen LogP contribution in [0.3, 0.4) is 0 Å². The van der Waals surface area contributed by atoms with Gasteiger partial charge in [-0.1, -0.05) is 25.7 Å². The molecule has 0 amide bonds. The number of hydrogen-bond acceptors (Lipinski definition) is 4. The lowest BCUT2D eigenvalue weighted by molar-refractivity contribution is -0.139. The van der Waals surface area contributed by atoms with Crippen molar-refractivity contribution >= 4 is 0 Å². The number of nitrogens with one attached hydrogen (secondary N) is 1. The first-order valence-corrected chi connectivity index (χ1v) is 7.86. The lowest BCUT2D eigenvalue weighted by Crippen LogP contribution is -2.41. The van der Waals surface area contributed by atoms with Crippen LogP contribution in [0.25, 0.3) is 0 Å². The van der Waals surface area contributed by atoms with Crippen molar-refractivity contribution < 1.29 is 14.6 Å². The van der Waals surface area contributed by atoms with Crippen molar-refractivity contribution in [2.24, 2.45) is 0 Å². The maximum Gasteiger partial charge on any atom is 0.158 e. The Hall–Kier alpha value is -0.160. The Morgan fingerprint density at radius 2 is 1.63 bits per heavy atom. The van der Waals surface area contributed by atoms with Gasteiger partial charge in [0.2, 0.25) is 0 Å². The summed E-state index contributed by atoms with van der Waals surface area (Å²) in [7, 11) is 0. The summed E-state index contributed by atoms with van der Waals surface area (Å²) in [4.78, 5) is 0. The third-order valence-corrected chi connectivity index (χ3v) is 3.75. The second kappa shape index (κ2) is 9.70. The summed E-state index contributed by atoms with van der Waals surface area (Å²) < 4.78 is 11.0. The van der Waals surface area contributed by atoms with Gasteiger partial charge in [0.15, 0.2) is 6.29 Å². The van der Waals surface area contributed by atoms with Crippen molar-refractivity contribution in [2.45, 2.75) is 70.7 Å². The zero-order valence-electron chi connectivity index (χ0n) is 12.6.